The summed E-state index contributed by atoms with van der Waals surface area (Å²) in [5.74, 6) is -0.317. The van der Waals surface area contributed by atoms with Crippen LogP contribution in [0.15, 0.2) is 23.6 Å². The number of hydrogen-bond acceptors (Lipinski definition) is 4. The predicted molar refractivity (Wildman–Crippen MR) is 59.4 cm³/mol. The quantitative estimate of drug-likeness (QED) is 0.802. The molecule has 1 aromatic carbocycles. The Morgan fingerprint density at radius 3 is 2.72 bits per heavy atom. The summed E-state index contributed by atoms with van der Waals surface area (Å²) >= 11 is 1.30. The first-order valence-electron chi connectivity index (χ1n) is 4.81. The van der Waals surface area contributed by atoms with E-state index in [2.05, 4.69) is 9.47 Å². The Bertz CT molecular complexity index is 562. The van der Waals surface area contributed by atoms with Crippen LogP contribution in [-0.2, 0) is 16.1 Å². The van der Waals surface area contributed by atoms with Gasteiger partial charge in [-0.05, 0) is 17.5 Å². The summed E-state index contributed by atoms with van der Waals surface area (Å²) in [5.41, 5.74) is 0.172. The second-order valence-corrected chi connectivity index (χ2v) is 4.29. The van der Waals surface area contributed by atoms with Gasteiger partial charge in [0.25, 0.3) is 6.47 Å². The average molecular weight is 276 g/mol. The van der Waals surface area contributed by atoms with Gasteiger partial charge in [-0.1, -0.05) is 6.07 Å². The van der Waals surface area contributed by atoms with Crippen molar-refractivity contribution in [1.29, 1.82) is 0 Å². The van der Waals surface area contributed by atoms with Crippen molar-refractivity contribution >= 4 is 27.9 Å². The number of halogens is 3. The molecule has 0 aliphatic rings. The number of thiophene rings is 1. The van der Waals surface area contributed by atoms with Crippen LogP contribution in [0.25, 0.3) is 10.1 Å². The van der Waals surface area contributed by atoms with Crippen LogP contribution in [0.3, 0.4) is 0 Å². The van der Waals surface area contributed by atoms with Crippen molar-refractivity contribution < 1.29 is 27.4 Å². The average Bonchev–Trinajstić information content (AvgIpc) is 2.74. The molecule has 0 fully saturated rings. The summed E-state index contributed by atoms with van der Waals surface area (Å²) in [4.78, 5) is 10.1. The van der Waals surface area contributed by atoms with Gasteiger partial charge in [0.2, 0.25) is 0 Å². The highest BCUT2D eigenvalue weighted by Crippen LogP contribution is 2.36. The van der Waals surface area contributed by atoms with E-state index in [9.17, 15) is 18.0 Å². The van der Waals surface area contributed by atoms with E-state index < -0.39 is 6.36 Å². The molecule has 0 N–H and O–H groups in total. The predicted octanol–water partition coefficient (Wildman–Crippen LogP) is 3.47. The zero-order valence-corrected chi connectivity index (χ0v) is 9.68. The number of alkyl halides is 3. The zero-order valence-electron chi connectivity index (χ0n) is 8.86. The number of ether oxygens (including phenoxy) is 2. The Morgan fingerprint density at radius 2 is 2.06 bits per heavy atom. The lowest BCUT2D eigenvalue weighted by molar-refractivity contribution is -0.274. The number of fused-ring (bicyclic) bond motifs is 1. The number of rotatable bonds is 4. The first kappa shape index (κ1) is 12.7. The van der Waals surface area contributed by atoms with Crippen molar-refractivity contribution in [1.82, 2.24) is 0 Å². The van der Waals surface area contributed by atoms with Gasteiger partial charge in [0.15, 0.2) is 0 Å². The molecule has 0 radical (unpaired) electrons. The third kappa shape index (κ3) is 2.73. The van der Waals surface area contributed by atoms with Gasteiger partial charge in [-0.15, -0.1) is 24.5 Å². The van der Waals surface area contributed by atoms with Gasteiger partial charge < -0.3 is 9.47 Å². The van der Waals surface area contributed by atoms with Gasteiger partial charge in [-0.25, -0.2) is 0 Å². The van der Waals surface area contributed by atoms with E-state index in [0.717, 1.165) is 0 Å². The van der Waals surface area contributed by atoms with E-state index in [-0.39, 0.29) is 24.4 Å². The van der Waals surface area contributed by atoms with Gasteiger partial charge in [-0.2, -0.15) is 0 Å². The Hall–Kier alpha value is -1.76. The molecule has 0 amide bonds. The first-order chi connectivity index (χ1) is 8.51. The summed E-state index contributed by atoms with van der Waals surface area (Å²) in [6.07, 6.45) is -4.79. The standard InChI is InChI=1S/C11H7F3O3S/c12-11(13,14)17-10-7(5-16-6-15)1-2-9-8(10)3-4-18-9/h1-4,6H,5H2. The third-order valence-electron chi connectivity index (χ3n) is 2.19. The topological polar surface area (TPSA) is 35.5 Å². The molecule has 1 heterocycles. The summed E-state index contributed by atoms with van der Waals surface area (Å²) < 4.78 is 46.2. The molecule has 0 saturated carbocycles. The molecule has 1 aromatic heterocycles. The van der Waals surface area contributed by atoms with E-state index in [1.54, 1.807) is 11.4 Å². The van der Waals surface area contributed by atoms with E-state index >= 15 is 0 Å². The molecule has 0 spiro atoms. The second kappa shape index (κ2) is 4.85. The van der Waals surface area contributed by atoms with Gasteiger partial charge >= 0.3 is 6.36 Å². The normalized spacial score (nSPS) is 11.5. The minimum Gasteiger partial charge on any atom is -0.463 e. The van der Waals surface area contributed by atoms with E-state index in [1.165, 1.54) is 23.5 Å². The van der Waals surface area contributed by atoms with Gasteiger partial charge in [0.1, 0.15) is 12.4 Å². The molecule has 2 rings (SSSR count). The summed E-state index contributed by atoms with van der Waals surface area (Å²) in [7, 11) is 0. The van der Waals surface area contributed by atoms with E-state index in [1.807, 2.05) is 0 Å². The van der Waals surface area contributed by atoms with Crippen LogP contribution in [0.5, 0.6) is 5.75 Å². The maximum Gasteiger partial charge on any atom is 0.573 e. The van der Waals surface area contributed by atoms with E-state index in [4.69, 9.17) is 0 Å². The van der Waals surface area contributed by atoms with Crippen LogP contribution in [0.4, 0.5) is 13.2 Å². The molecule has 18 heavy (non-hydrogen) atoms. The fourth-order valence-corrected chi connectivity index (χ4v) is 2.32. The number of benzene rings is 1. The molecule has 2 aromatic rings. The lowest BCUT2D eigenvalue weighted by Gasteiger charge is -2.13. The lowest BCUT2D eigenvalue weighted by Crippen LogP contribution is -2.18. The highest BCUT2D eigenvalue weighted by Gasteiger charge is 2.33. The summed E-state index contributed by atoms with van der Waals surface area (Å²) in [5, 5.41) is 2.02. The summed E-state index contributed by atoms with van der Waals surface area (Å²) in [6.45, 7) is -0.0874. The van der Waals surface area contributed by atoms with Crippen LogP contribution >= 0.6 is 11.3 Å². The molecule has 0 aliphatic heterocycles. The van der Waals surface area contributed by atoms with Gasteiger partial charge in [0, 0.05) is 15.6 Å². The van der Waals surface area contributed by atoms with E-state index in [0.29, 0.717) is 10.1 Å². The molecule has 0 saturated heterocycles. The number of carbonyl (C=O) groups excluding carboxylic acids is 1. The fourth-order valence-electron chi connectivity index (χ4n) is 1.54. The maximum absolute atomic E-state index is 12.3. The first-order valence-corrected chi connectivity index (χ1v) is 5.69. The number of carbonyl (C=O) groups is 1. The molecule has 0 aliphatic carbocycles. The molecule has 96 valence electrons. The largest absolute Gasteiger partial charge is 0.573 e. The van der Waals surface area contributed by atoms with Crippen molar-refractivity contribution in [2.45, 2.75) is 13.0 Å². The van der Waals surface area contributed by atoms with Gasteiger partial charge in [0.05, 0.1) is 0 Å². The minimum atomic E-state index is -4.79. The molecular weight excluding hydrogens is 269 g/mol. The van der Waals surface area contributed by atoms with Crippen LogP contribution < -0.4 is 4.74 Å². The Kier molecular flexibility index (Phi) is 3.42. The van der Waals surface area contributed by atoms with Crippen molar-refractivity contribution in [3.63, 3.8) is 0 Å². The lowest BCUT2D eigenvalue weighted by atomic mass is 10.1. The fraction of sp³-hybridized carbons (Fsp3) is 0.182. The smallest absolute Gasteiger partial charge is 0.463 e. The van der Waals surface area contributed by atoms with Crippen molar-refractivity contribution in [3.05, 3.63) is 29.1 Å². The Labute approximate surface area is 104 Å². The van der Waals surface area contributed by atoms with Crippen molar-refractivity contribution in [3.8, 4) is 5.75 Å². The molecular formula is C11H7F3O3S. The highest BCUT2D eigenvalue weighted by atomic mass is 32.1. The van der Waals surface area contributed by atoms with Crippen LogP contribution in [-0.4, -0.2) is 12.8 Å². The SMILES string of the molecule is O=COCc1ccc2sccc2c1OC(F)(F)F. The van der Waals surface area contributed by atoms with Crippen molar-refractivity contribution in [2.75, 3.05) is 0 Å². The second-order valence-electron chi connectivity index (χ2n) is 3.34. The number of hydrogen-bond donors (Lipinski definition) is 0. The monoisotopic (exact) mass is 276 g/mol. The molecule has 7 heteroatoms. The van der Waals surface area contributed by atoms with Crippen molar-refractivity contribution in [2.24, 2.45) is 0 Å². The minimum absolute atomic E-state index is 0.172. The van der Waals surface area contributed by atoms with Crippen LogP contribution in [0.2, 0.25) is 0 Å². The zero-order chi connectivity index (χ0) is 13.2. The Balaban J connectivity index is 2.47. The molecule has 0 bridgehead atoms. The summed E-state index contributed by atoms with van der Waals surface area (Å²) in [6, 6.07) is 4.64. The maximum atomic E-state index is 12.3. The molecule has 3 nitrogen and oxygen atoms in total. The Morgan fingerprint density at radius 1 is 1.28 bits per heavy atom. The van der Waals surface area contributed by atoms with Crippen LogP contribution in [0, 0.1) is 0 Å². The van der Waals surface area contributed by atoms with Gasteiger partial charge in [-0.3, -0.25) is 4.79 Å². The molecule has 0 unspecified atom stereocenters. The third-order valence-corrected chi connectivity index (χ3v) is 3.07. The highest BCUT2D eigenvalue weighted by molar-refractivity contribution is 7.17. The molecule has 0 atom stereocenters. The van der Waals surface area contributed by atoms with Crippen LogP contribution in [0.1, 0.15) is 5.56 Å².